The summed E-state index contributed by atoms with van der Waals surface area (Å²) in [6.07, 6.45) is 5.18. The van der Waals surface area contributed by atoms with Crippen LogP contribution in [0.4, 0.5) is 10.2 Å². The molecule has 3 heterocycles. The van der Waals surface area contributed by atoms with E-state index in [0.717, 1.165) is 31.6 Å². The van der Waals surface area contributed by atoms with Crippen LogP contribution in [0.15, 0.2) is 10.9 Å². The Kier molecular flexibility index (Phi) is 3.28. The third kappa shape index (κ3) is 2.34. The van der Waals surface area contributed by atoms with Crippen molar-refractivity contribution in [2.75, 3.05) is 18.0 Å². The summed E-state index contributed by atoms with van der Waals surface area (Å²) in [6, 6.07) is 0. The average molecular weight is 303 g/mol. The summed E-state index contributed by atoms with van der Waals surface area (Å²) in [6.45, 7) is 3.28. The van der Waals surface area contributed by atoms with Gasteiger partial charge in [0.1, 0.15) is 6.33 Å². The maximum Gasteiger partial charge on any atom is 0.231 e. The van der Waals surface area contributed by atoms with Crippen molar-refractivity contribution in [1.29, 1.82) is 0 Å². The van der Waals surface area contributed by atoms with Gasteiger partial charge in [-0.15, -0.1) is 0 Å². The Morgan fingerprint density at radius 3 is 2.91 bits per heavy atom. The molecule has 0 aromatic carbocycles. The van der Waals surface area contributed by atoms with Gasteiger partial charge in [-0.05, 0) is 25.7 Å². The highest BCUT2D eigenvalue weighted by Gasteiger charge is 2.34. The van der Waals surface area contributed by atoms with E-state index in [-0.39, 0.29) is 11.7 Å². The van der Waals surface area contributed by atoms with Crippen molar-refractivity contribution < 1.29 is 8.91 Å². The molecule has 6 nitrogen and oxygen atoms in total. The number of aryl methyl sites for hydroxylation is 1. The minimum Gasteiger partial charge on any atom is -0.353 e. The van der Waals surface area contributed by atoms with Crippen molar-refractivity contribution >= 4 is 5.82 Å². The van der Waals surface area contributed by atoms with Crippen molar-refractivity contribution in [3.05, 3.63) is 29.6 Å². The van der Waals surface area contributed by atoms with E-state index in [1.54, 1.807) is 0 Å². The van der Waals surface area contributed by atoms with Crippen molar-refractivity contribution in [3.63, 3.8) is 0 Å². The van der Waals surface area contributed by atoms with Crippen LogP contribution in [0.5, 0.6) is 0 Å². The topological polar surface area (TPSA) is 67.9 Å². The molecule has 7 heteroatoms. The van der Waals surface area contributed by atoms with E-state index in [0.29, 0.717) is 36.3 Å². The second-order valence-corrected chi connectivity index (χ2v) is 6.01. The fraction of sp³-hybridized carbons (Fsp3) is 0.600. The normalized spacial score (nSPS) is 21.5. The lowest BCUT2D eigenvalue weighted by Gasteiger charge is -2.18. The number of hydrogen-bond acceptors (Lipinski definition) is 6. The molecule has 1 atom stereocenters. The molecule has 0 unspecified atom stereocenters. The maximum absolute atomic E-state index is 14.4. The van der Waals surface area contributed by atoms with Gasteiger partial charge in [0.25, 0.3) is 0 Å². The first-order valence-electron chi connectivity index (χ1n) is 7.84. The van der Waals surface area contributed by atoms with Crippen LogP contribution in [0.25, 0.3) is 0 Å². The zero-order chi connectivity index (χ0) is 15.1. The van der Waals surface area contributed by atoms with Crippen LogP contribution in [0.1, 0.15) is 55.4 Å². The number of rotatable bonds is 4. The van der Waals surface area contributed by atoms with Crippen LogP contribution >= 0.6 is 0 Å². The predicted octanol–water partition coefficient (Wildman–Crippen LogP) is 2.43. The molecule has 2 aromatic heterocycles. The molecule has 4 rings (SSSR count). The van der Waals surface area contributed by atoms with Gasteiger partial charge in [-0.3, -0.25) is 0 Å². The maximum atomic E-state index is 14.4. The highest BCUT2D eigenvalue weighted by Crippen LogP contribution is 2.39. The van der Waals surface area contributed by atoms with Gasteiger partial charge in [-0.25, -0.2) is 14.4 Å². The minimum atomic E-state index is -0.310. The van der Waals surface area contributed by atoms with Crippen molar-refractivity contribution in [2.45, 2.75) is 44.4 Å². The Balaban J connectivity index is 1.52. The van der Waals surface area contributed by atoms with Gasteiger partial charge < -0.3 is 9.42 Å². The molecule has 1 aliphatic heterocycles. The molecule has 2 aromatic rings. The number of anilines is 1. The lowest BCUT2D eigenvalue weighted by atomic mass is 10.1. The van der Waals surface area contributed by atoms with Crippen molar-refractivity contribution in [2.24, 2.45) is 0 Å². The van der Waals surface area contributed by atoms with Crippen LogP contribution in [0.3, 0.4) is 0 Å². The Morgan fingerprint density at radius 1 is 1.27 bits per heavy atom. The van der Waals surface area contributed by atoms with Gasteiger partial charge in [0.2, 0.25) is 5.89 Å². The standard InChI is InChI=1S/C15H18FN5O/c1-2-11-12(16)14(18-8-17-11)21-6-5-10(7-21)15-19-13(20-22-15)9-3-4-9/h8-10H,2-7H2,1H3/t10-/m0/s1. The van der Waals surface area contributed by atoms with Gasteiger partial charge in [-0.2, -0.15) is 4.98 Å². The lowest BCUT2D eigenvalue weighted by Crippen LogP contribution is -2.22. The monoisotopic (exact) mass is 303 g/mol. The van der Waals surface area contributed by atoms with Crippen molar-refractivity contribution in [1.82, 2.24) is 20.1 Å². The minimum absolute atomic E-state index is 0.152. The third-order valence-electron chi connectivity index (χ3n) is 4.42. The Bertz CT molecular complexity index is 684. The van der Waals surface area contributed by atoms with Gasteiger partial charge in [-0.1, -0.05) is 12.1 Å². The second-order valence-electron chi connectivity index (χ2n) is 6.01. The van der Waals surface area contributed by atoms with E-state index in [4.69, 9.17) is 4.52 Å². The Labute approximate surface area is 127 Å². The van der Waals surface area contributed by atoms with E-state index in [2.05, 4.69) is 20.1 Å². The van der Waals surface area contributed by atoms with E-state index >= 15 is 0 Å². The van der Waals surface area contributed by atoms with E-state index in [1.807, 2.05) is 11.8 Å². The molecule has 1 saturated heterocycles. The smallest absolute Gasteiger partial charge is 0.231 e. The number of halogens is 1. The highest BCUT2D eigenvalue weighted by atomic mass is 19.1. The molecule has 0 N–H and O–H groups in total. The van der Waals surface area contributed by atoms with Gasteiger partial charge >= 0.3 is 0 Å². The van der Waals surface area contributed by atoms with Crippen molar-refractivity contribution in [3.8, 4) is 0 Å². The molecule has 2 fully saturated rings. The SMILES string of the molecule is CCc1ncnc(N2CC[C@H](c3nc(C4CC4)no3)C2)c1F. The van der Waals surface area contributed by atoms with Crippen LogP contribution in [-0.2, 0) is 6.42 Å². The lowest BCUT2D eigenvalue weighted by molar-refractivity contribution is 0.355. The summed E-state index contributed by atoms with van der Waals surface area (Å²) in [7, 11) is 0. The highest BCUT2D eigenvalue weighted by molar-refractivity contribution is 5.43. The molecule has 0 spiro atoms. The van der Waals surface area contributed by atoms with Gasteiger partial charge in [0, 0.05) is 19.0 Å². The molecule has 0 amide bonds. The fourth-order valence-electron chi connectivity index (χ4n) is 2.94. The Hall–Kier alpha value is -2.05. The third-order valence-corrected chi connectivity index (χ3v) is 4.42. The second kappa shape index (κ2) is 5.30. The first-order valence-corrected chi connectivity index (χ1v) is 7.84. The largest absolute Gasteiger partial charge is 0.353 e. The molecule has 2 aliphatic rings. The fourth-order valence-corrected chi connectivity index (χ4v) is 2.94. The van der Waals surface area contributed by atoms with Gasteiger partial charge in [0.15, 0.2) is 17.5 Å². The van der Waals surface area contributed by atoms with E-state index in [1.165, 1.54) is 6.33 Å². The summed E-state index contributed by atoms with van der Waals surface area (Å²) in [5.41, 5.74) is 0.460. The summed E-state index contributed by atoms with van der Waals surface area (Å²) in [5, 5.41) is 4.06. The molecule has 22 heavy (non-hydrogen) atoms. The zero-order valence-corrected chi connectivity index (χ0v) is 12.5. The summed E-state index contributed by atoms with van der Waals surface area (Å²) < 4.78 is 19.7. The Morgan fingerprint density at radius 2 is 2.14 bits per heavy atom. The number of aromatic nitrogens is 4. The predicted molar refractivity (Wildman–Crippen MR) is 77.2 cm³/mol. The zero-order valence-electron chi connectivity index (χ0n) is 12.5. The first-order chi connectivity index (χ1) is 10.8. The summed E-state index contributed by atoms with van der Waals surface area (Å²) in [5.74, 6) is 2.22. The number of hydrogen-bond donors (Lipinski definition) is 0. The molecule has 0 bridgehead atoms. The van der Waals surface area contributed by atoms with E-state index < -0.39 is 0 Å². The van der Waals surface area contributed by atoms with Crippen LogP contribution in [0, 0.1) is 5.82 Å². The summed E-state index contributed by atoms with van der Waals surface area (Å²) >= 11 is 0. The average Bonchev–Trinajstić information content (AvgIpc) is 3.08. The van der Waals surface area contributed by atoms with Crippen LogP contribution < -0.4 is 4.90 Å². The summed E-state index contributed by atoms with van der Waals surface area (Å²) in [4.78, 5) is 14.5. The molecule has 0 radical (unpaired) electrons. The molecule has 116 valence electrons. The molecular weight excluding hydrogens is 285 g/mol. The van der Waals surface area contributed by atoms with E-state index in [9.17, 15) is 4.39 Å². The molecule has 1 aliphatic carbocycles. The van der Waals surface area contributed by atoms with Crippen LogP contribution in [0.2, 0.25) is 0 Å². The molecular formula is C15H18FN5O. The first kappa shape index (κ1) is 13.6. The van der Waals surface area contributed by atoms with Gasteiger partial charge in [0.05, 0.1) is 11.6 Å². The quantitative estimate of drug-likeness (QED) is 0.864. The number of nitrogens with zero attached hydrogens (tertiary/aromatic N) is 5. The van der Waals surface area contributed by atoms with Crippen LogP contribution in [-0.4, -0.2) is 33.2 Å². The molecule has 1 saturated carbocycles.